The summed E-state index contributed by atoms with van der Waals surface area (Å²) < 4.78 is 3.09. The monoisotopic (exact) mass is 292 g/mol. The first kappa shape index (κ1) is 12.4. The largest absolute Gasteiger partial charge is 0.334 e. The summed E-state index contributed by atoms with van der Waals surface area (Å²) in [4.78, 5) is 4.42. The normalized spacial score (nSPS) is 10.8. The fraction of sp³-hybridized carbons (Fsp3) is 0.357. The van der Waals surface area contributed by atoms with E-state index in [1.807, 2.05) is 6.92 Å². The molecule has 0 aliphatic heterocycles. The number of imidazole rings is 1. The van der Waals surface area contributed by atoms with Crippen molar-refractivity contribution in [2.45, 2.75) is 26.7 Å². The van der Waals surface area contributed by atoms with E-state index >= 15 is 0 Å². The van der Waals surface area contributed by atoms with Crippen LogP contribution in [0.3, 0.4) is 0 Å². The van der Waals surface area contributed by atoms with Crippen LogP contribution in [0.4, 0.5) is 0 Å². The number of nitrogens with zero attached hydrogens (tertiary/aromatic N) is 2. The van der Waals surface area contributed by atoms with Crippen LogP contribution >= 0.6 is 15.9 Å². The third-order valence-electron chi connectivity index (χ3n) is 3.19. The Bertz CT molecular complexity index is 512. The van der Waals surface area contributed by atoms with Crippen LogP contribution in [0.5, 0.6) is 0 Å². The number of benzene rings is 1. The van der Waals surface area contributed by atoms with Gasteiger partial charge in [-0.05, 0) is 40.4 Å². The molecular weight excluding hydrogens is 276 g/mol. The highest BCUT2D eigenvalue weighted by Gasteiger charge is 2.10. The molecule has 0 saturated carbocycles. The van der Waals surface area contributed by atoms with Crippen molar-refractivity contribution in [3.63, 3.8) is 0 Å². The Morgan fingerprint density at radius 3 is 2.24 bits per heavy atom. The van der Waals surface area contributed by atoms with Crippen molar-refractivity contribution in [2.24, 2.45) is 7.05 Å². The Hall–Kier alpha value is -1.09. The summed E-state index contributed by atoms with van der Waals surface area (Å²) in [6.45, 7) is 4.20. The van der Waals surface area contributed by atoms with Gasteiger partial charge in [0.15, 0.2) is 0 Å². The second-order valence-electron chi connectivity index (χ2n) is 4.30. The molecule has 0 N–H and O–H groups in total. The van der Waals surface area contributed by atoms with E-state index in [4.69, 9.17) is 0 Å². The molecule has 0 fully saturated rings. The standard InChI is InChI=1S/C14H17BrN2/c1-4-11-5-7-12(8-6-11)9-13-14(15)16-10(2)17(13)3/h5-8H,4,9H2,1-3H3. The second kappa shape index (κ2) is 5.05. The van der Waals surface area contributed by atoms with Gasteiger partial charge in [0.1, 0.15) is 10.4 Å². The molecule has 0 unspecified atom stereocenters. The molecule has 0 aliphatic rings. The zero-order chi connectivity index (χ0) is 12.4. The molecular formula is C14H17BrN2. The highest BCUT2D eigenvalue weighted by molar-refractivity contribution is 9.10. The van der Waals surface area contributed by atoms with Gasteiger partial charge in [0.25, 0.3) is 0 Å². The van der Waals surface area contributed by atoms with Crippen molar-refractivity contribution in [1.29, 1.82) is 0 Å². The molecule has 1 aromatic carbocycles. The summed E-state index contributed by atoms with van der Waals surface area (Å²) in [5.74, 6) is 1.04. The van der Waals surface area contributed by atoms with Gasteiger partial charge in [0.2, 0.25) is 0 Å². The molecule has 1 aromatic heterocycles. The highest BCUT2D eigenvalue weighted by atomic mass is 79.9. The Morgan fingerprint density at radius 2 is 1.76 bits per heavy atom. The maximum Gasteiger partial charge on any atom is 0.127 e. The molecule has 0 atom stereocenters. The minimum atomic E-state index is 0.919. The van der Waals surface area contributed by atoms with Gasteiger partial charge >= 0.3 is 0 Å². The maximum absolute atomic E-state index is 4.42. The zero-order valence-electron chi connectivity index (χ0n) is 10.5. The molecule has 3 heteroatoms. The van der Waals surface area contributed by atoms with E-state index in [0.29, 0.717) is 0 Å². The first-order valence-electron chi connectivity index (χ1n) is 5.87. The molecule has 90 valence electrons. The van der Waals surface area contributed by atoms with Crippen molar-refractivity contribution in [1.82, 2.24) is 9.55 Å². The summed E-state index contributed by atoms with van der Waals surface area (Å²) in [6, 6.07) is 8.81. The van der Waals surface area contributed by atoms with Gasteiger partial charge in [-0.3, -0.25) is 0 Å². The zero-order valence-corrected chi connectivity index (χ0v) is 12.1. The smallest absolute Gasteiger partial charge is 0.127 e. The van der Waals surface area contributed by atoms with Crippen LogP contribution in [-0.2, 0) is 19.9 Å². The summed E-state index contributed by atoms with van der Waals surface area (Å²) in [5, 5.41) is 0. The minimum Gasteiger partial charge on any atom is -0.334 e. The third-order valence-corrected chi connectivity index (χ3v) is 3.83. The predicted molar refractivity (Wildman–Crippen MR) is 74.3 cm³/mol. The first-order chi connectivity index (χ1) is 8.11. The van der Waals surface area contributed by atoms with E-state index in [1.54, 1.807) is 0 Å². The van der Waals surface area contributed by atoms with Crippen molar-refractivity contribution >= 4 is 15.9 Å². The Morgan fingerprint density at radius 1 is 1.18 bits per heavy atom. The van der Waals surface area contributed by atoms with Crippen LogP contribution in [0.1, 0.15) is 29.6 Å². The van der Waals surface area contributed by atoms with E-state index in [0.717, 1.165) is 23.3 Å². The van der Waals surface area contributed by atoms with Crippen LogP contribution in [0.25, 0.3) is 0 Å². The highest BCUT2D eigenvalue weighted by Crippen LogP contribution is 2.20. The predicted octanol–water partition coefficient (Wildman–Crippen LogP) is 3.64. The number of hydrogen-bond acceptors (Lipinski definition) is 1. The minimum absolute atomic E-state index is 0.919. The van der Waals surface area contributed by atoms with Crippen LogP contribution in [0, 0.1) is 6.92 Å². The molecule has 0 spiro atoms. The lowest BCUT2D eigenvalue weighted by atomic mass is 10.1. The maximum atomic E-state index is 4.42. The van der Waals surface area contributed by atoms with E-state index in [9.17, 15) is 0 Å². The number of hydrogen-bond donors (Lipinski definition) is 0. The van der Waals surface area contributed by atoms with E-state index < -0.39 is 0 Å². The summed E-state index contributed by atoms with van der Waals surface area (Å²) in [7, 11) is 2.06. The Kier molecular flexibility index (Phi) is 3.67. The summed E-state index contributed by atoms with van der Waals surface area (Å²) in [5.41, 5.74) is 3.94. The lowest BCUT2D eigenvalue weighted by Gasteiger charge is -2.05. The van der Waals surface area contributed by atoms with Crippen LogP contribution in [0.2, 0.25) is 0 Å². The fourth-order valence-electron chi connectivity index (χ4n) is 1.89. The molecule has 2 rings (SSSR count). The number of aryl methyl sites for hydroxylation is 2. The fourth-order valence-corrected chi connectivity index (χ4v) is 2.56. The van der Waals surface area contributed by atoms with Gasteiger partial charge in [-0.2, -0.15) is 0 Å². The average Bonchev–Trinajstić information content (AvgIpc) is 2.57. The van der Waals surface area contributed by atoms with Crippen LogP contribution in [-0.4, -0.2) is 9.55 Å². The molecule has 2 nitrogen and oxygen atoms in total. The van der Waals surface area contributed by atoms with Crippen molar-refractivity contribution in [3.05, 3.63) is 51.5 Å². The molecule has 0 radical (unpaired) electrons. The van der Waals surface area contributed by atoms with Crippen molar-refractivity contribution < 1.29 is 0 Å². The molecule has 0 saturated heterocycles. The summed E-state index contributed by atoms with van der Waals surface area (Å²) >= 11 is 3.52. The lowest BCUT2D eigenvalue weighted by Crippen LogP contribution is -2.00. The van der Waals surface area contributed by atoms with Gasteiger partial charge < -0.3 is 4.57 Å². The topological polar surface area (TPSA) is 17.8 Å². The molecule has 0 amide bonds. The van der Waals surface area contributed by atoms with E-state index in [2.05, 4.69) is 63.7 Å². The van der Waals surface area contributed by atoms with Gasteiger partial charge in [0, 0.05) is 13.5 Å². The molecule has 2 aromatic rings. The average molecular weight is 293 g/mol. The SMILES string of the molecule is CCc1ccc(Cc2c(Br)nc(C)n2C)cc1. The Labute approximate surface area is 111 Å². The number of aromatic nitrogens is 2. The number of halogens is 1. The first-order valence-corrected chi connectivity index (χ1v) is 6.66. The van der Waals surface area contributed by atoms with Crippen LogP contribution < -0.4 is 0 Å². The third kappa shape index (κ3) is 2.60. The van der Waals surface area contributed by atoms with Gasteiger partial charge in [-0.1, -0.05) is 31.2 Å². The molecule has 0 aliphatic carbocycles. The second-order valence-corrected chi connectivity index (χ2v) is 5.05. The van der Waals surface area contributed by atoms with Crippen molar-refractivity contribution in [3.8, 4) is 0 Å². The van der Waals surface area contributed by atoms with E-state index in [1.165, 1.54) is 16.8 Å². The molecule has 17 heavy (non-hydrogen) atoms. The lowest BCUT2D eigenvalue weighted by molar-refractivity contribution is 0.805. The molecule has 1 heterocycles. The van der Waals surface area contributed by atoms with Gasteiger partial charge in [-0.15, -0.1) is 0 Å². The van der Waals surface area contributed by atoms with Gasteiger partial charge in [0.05, 0.1) is 5.69 Å². The summed E-state index contributed by atoms with van der Waals surface area (Å²) in [6.07, 6.45) is 2.01. The quantitative estimate of drug-likeness (QED) is 0.844. The van der Waals surface area contributed by atoms with Crippen LogP contribution in [0.15, 0.2) is 28.9 Å². The van der Waals surface area contributed by atoms with Crippen molar-refractivity contribution in [2.75, 3.05) is 0 Å². The molecule has 0 bridgehead atoms. The number of rotatable bonds is 3. The van der Waals surface area contributed by atoms with E-state index in [-0.39, 0.29) is 0 Å². The van der Waals surface area contributed by atoms with Gasteiger partial charge in [-0.25, -0.2) is 4.98 Å². The Balaban J connectivity index is 2.25.